The maximum absolute atomic E-state index is 12.1. The Kier molecular flexibility index (Phi) is 5.31. The van der Waals surface area contributed by atoms with Gasteiger partial charge in [-0.3, -0.25) is 18.8 Å². The second kappa shape index (κ2) is 7.81. The molecule has 136 valence electrons. The maximum atomic E-state index is 12.1. The Morgan fingerprint density at radius 3 is 2.58 bits per heavy atom. The van der Waals surface area contributed by atoms with E-state index in [1.165, 1.54) is 6.08 Å². The van der Waals surface area contributed by atoms with E-state index in [4.69, 9.17) is 0 Å². The average Bonchev–Trinajstić information content (AvgIpc) is 3.35. The quantitative estimate of drug-likeness (QED) is 0.661. The van der Waals surface area contributed by atoms with E-state index in [1.807, 2.05) is 41.8 Å². The molecule has 1 N–H and O–H groups in total. The van der Waals surface area contributed by atoms with Crippen molar-refractivity contribution in [3.8, 4) is 0 Å². The lowest BCUT2D eigenvalue weighted by Gasteiger charge is -2.02. The third-order valence-corrected chi connectivity index (χ3v) is 4.14. The van der Waals surface area contributed by atoms with Gasteiger partial charge < -0.3 is 5.32 Å². The summed E-state index contributed by atoms with van der Waals surface area (Å²) in [6, 6.07) is 0. The van der Waals surface area contributed by atoms with Gasteiger partial charge in [0.05, 0.1) is 30.8 Å². The highest BCUT2D eigenvalue weighted by atomic mass is 16.1. The van der Waals surface area contributed by atoms with Gasteiger partial charge in [0.15, 0.2) is 0 Å². The molecule has 0 saturated carbocycles. The van der Waals surface area contributed by atoms with Crippen LogP contribution in [-0.2, 0) is 24.4 Å². The van der Waals surface area contributed by atoms with E-state index in [0.717, 1.165) is 29.9 Å². The van der Waals surface area contributed by atoms with Crippen molar-refractivity contribution in [3.63, 3.8) is 0 Å². The maximum Gasteiger partial charge on any atom is 0.248 e. The van der Waals surface area contributed by atoms with Gasteiger partial charge in [0, 0.05) is 48.4 Å². The summed E-state index contributed by atoms with van der Waals surface area (Å²) in [5.74, 6) is -0.205. The van der Waals surface area contributed by atoms with Gasteiger partial charge in [-0.1, -0.05) is 0 Å². The number of carbonyl (C=O) groups excluding carboxylic acids is 1. The van der Waals surface area contributed by atoms with Crippen LogP contribution in [0.25, 0.3) is 6.08 Å². The van der Waals surface area contributed by atoms with Gasteiger partial charge in [0.1, 0.15) is 0 Å². The van der Waals surface area contributed by atoms with Crippen LogP contribution in [0.2, 0.25) is 0 Å². The molecule has 3 heterocycles. The topological polar surface area (TPSA) is 82.6 Å². The summed E-state index contributed by atoms with van der Waals surface area (Å²) in [6.45, 7) is 8.38. The van der Waals surface area contributed by atoms with Crippen LogP contribution in [0.4, 0.5) is 5.69 Å². The number of aromatic nitrogens is 6. The molecule has 0 saturated heterocycles. The van der Waals surface area contributed by atoms with Crippen molar-refractivity contribution in [3.05, 3.63) is 53.9 Å². The minimum atomic E-state index is -0.205. The minimum absolute atomic E-state index is 0.205. The molecule has 0 aromatic carbocycles. The number of nitrogens with one attached hydrogen (secondary N) is 1. The molecule has 0 radical (unpaired) electrons. The first-order valence-corrected chi connectivity index (χ1v) is 8.64. The van der Waals surface area contributed by atoms with Crippen molar-refractivity contribution < 1.29 is 4.79 Å². The first-order valence-electron chi connectivity index (χ1n) is 8.64. The lowest BCUT2D eigenvalue weighted by Crippen LogP contribution is -2.07. The van der Waals surface area contributed by atoms with Gasteiger partial charge in [-0.25, -0.2) is 0 Å². The van der Waals surface area contributed by atoms with Crippen LogP contribution in [-0.4, -0.2) is 35.2 Å². The smallest absolute Gasteiger partial charge is 0.248 e. The fraction of sp³-hybridized carbons (Fsp3) is 0.333. The average molecular weight is 353 g/mol. The molecule has 0 aliphatic heterocycles. The van der Waals surface area contributed by atoms with Crippen molar-refractivity contribution in [1.82, 2.24) is 29.3 Å². The Morgan fingerprint density at radius 1 is 1.08 bits per heavy atom. The zero-order valence-electron chi connectivity index (χ0n) is 15.3. The van der Waals surface area contributed by atoms with E-state index in [1.54, 1.807) is 23.2 Å². The Morgan fingerprint density at radius 2 is 1.88 bits per heavy atom. The van der Waals surface area contributed by atoms with Crippen LogP contribution in [0.5, 0.6) is 0 Å². The van der Waals surface area contributed by atoms with E-state index in [9.17, 15) is 4.79 Å². The SMILES string of the molecule is CCn1cc(/C=C/C(=O)Nc2cnn(Cc3cnn(CC)c3C)c2)cn1. The van der Waals surface area contributed by atoms with Gasteiger partial charge in [-0.15, -0.1) is 0 Å². The Balaban J connectivity index is 1.59. The van der Waals surface area contributed by atoms with Gasteiger partial charge >= 0.3 is 0 Å². The summed E-state index contributed by atoms with van der Waals surface area (Å²) in [5.41, 5.74) is 3.79. The van der Waals surface area contributed by atoms with Crippen molar-refractivity contribution in [2.24, 2.45) is 0 Å². The Bertz CT molecular complexity index is 916. The summed E-state index contributed by atoms with van der Waals surface area (Å²) in [7, 11) is 0. The molecule has 8 heteroatoms. The molecule has 3 aromatic rings. The predicted octanol–water partition coefficient (Wildman–Crippen LogP) is 2.32. The molecule has 0 bridgehead atoms. The van der Waals surface area contributed by atoms with Gasteiger partial charge in [0.25, 0.3) is 0 Å². The van der Waals surface area contributed by atoms with E-state index in [0.29, 0.717) is 12.2 Å². The lowest BCUT2D eigenvalue weighted by molar-refractivity contribution is -0.111. The normalized spacial score (nSPS) is 11.3. The molecular weight excluding hydrogens is 330 g/mol. The third kappa shape index (κ3) is 4.08. The third-order valence-electron chi connectivity index (χ3n) is 4.14. The Labute approximate surface area is 152 Å². The number of anilines is 1. The lowest BCUT2D eigenvalue weighted by atomic mass is 10.2. The number of nitrogens with zero attached hydrogens (tertiary/aromatic N) is 6. The summed E-state index contributed by atoms with van der Waals surface area (Å²) in [5, 5.41) is 15.6. The number of hydrogen-bond donors (Lipinski definition) is 1. The van der Waals surface area contributed by atoms with Gasteiger partial charge in [-0.05, 0) is 26.8 Å². The van der Waals surface area contributed by atoms with Gasteiger partial charge in [0.2, 0.25) is 5.91 Å². The fourth-order valence-electron chi connectivity index (χ4n) is 2.64. The first kappa shape index (κ1) is 17.7. The van der Waals surface area contributed by atoms with Crippen molar-refractivity contribution in [2.45, 2.75) is 40.4 Å². The zero-order chi connectivity index (χ0) is 18.5. The standard InChI is InChI=1S/C18H23N7O/c1-4-23-11-15(8-19-23)6-7-18(26)22-17-10-20-24(13-17)12-16-9-21-25(5-2)14(16)3/h6-11,13H,4-5,12H2,1-3H3,(H,22,26)/b7-6+. The highest BCUT2D eigenvalue weighted by molar-refractivity contribution is 6.01. The van der Waals surface area contributed by atoms with E-state index in [2.05, 4.69) is 27.5 Å². The van der Waals surface area contributed by atoms with Gasteiger partial charge in [-0.2, -0.15) is 15.3 Å². The molecule has 0 fully saturated rings. The number of carbonyl (C=O) groups is 1. The van der Waals surface area contributed by atoms with Crippen LogP contribution in [0.15, 0.2) is 37.1 Å². The summed E-state index contributed by atoms with van der Waals surface area (Å²) in [6.07, 6.45) is 12.2. The molecule has 8 nitrogen and oxygen atoms in total. The molecule has 3 aromatic heterocycles. The highest BCUT2D eigenvalue weighted by Crippen LogP contribution is 2.12. The van der Waals surface area contributed by atoms with E-state index < -0.39 is 0 Å². The summed E-state index contributed by atoms with van der Waals surface area (Å²) >= 11 is 0. The molecule has 0 spiro atoms. The van der Waals surface area contributed by atoms with E-state index in [-0.39, 0.29) is 5.91 Å². The van der Waals surface area contributed by atoms with Crippen LogP contribution in [0, 0.1) is 6.92 Å². The number of amides is 1. The molecule has 0 aliphatic rings. The molecule has 3 rings (SSSR count). The molecule has 0 atom stereocenters. The predicted molar refractivity (Wildman–Crippen MR) is 99.5 cm³/mol. The molecular formula is C18H23N7O. The molecule has 0 aliphatic carbocycles. The fourth-order valence-corrected chi connectivity index (χ4v) is 2.64. The largest absolute Gasteiger partial charge is 0.320 e. The first-order chi connectivity index (χ1) is 12.6. The van der Waals surface area contributed by atoms with Crippen molar-refractivity contribution in [2.75, 3.05) is 5.32 Å². The van der Waals surface area contributed by atoms with Crippen LogP contribution in [0.3, 0.4) is 0 Å². The monoisotopic (exact) mass is 353 g/mol. The minimum Gasteiger partial charge on any atom is -0.320 e. The molecule has 0 unspecified atom stereocenters. The van der Waals surface area contributed by atoms with Crippen molar-refractivity contribution in [1.29, 1.82) is 0 Å². The summed E-state index contributed by atoms with van der Waals surface area (Å²) in [4.78, 5) is 12.1. The number of hydrogen-bond acceptors (Lipinski definition) is 4. The second-order valence-corrected chi connectivity index (χ2v) is 5.95. The number of rotatable bonds is 7. The summed E-state index contributed by atoms with van der Waals surface area (Å²) < 4.78 is 5.55. The Hall–Kier alpha value is -3.16. The zero-order valence-corrected chi connectivity index (χ0v) is 15.3. The highest BCUT2D eigenvalue weighted by Gasteiger charge is 2.08. The van der Waals surface area contributed by atoms with Crippen LogP contribution in [0.1, 0.15) is 30.7 Å². The number of aryl methyl sites for hydroxylation is 2. The second-order valence-electron chi connectivity index (χ2n) is 5.95. The molecule has 1 amide bonds. The molecule has 26 heavy (non-hydrogen) atoms. The van der Waals surface area contributed by atoms with E-state index >= 15 is 0 Å². The van der Waals surface area contributed by atoms with Crippen molar-refractivity contribution >= 4 is 17.7 Å². The van der Waals surface area contributed by atoms with Crippen LogP contribution >= 0.6 is 0 Å². The van der Waals surface area contributed by atoms with Crippen LogP contribution < -0.4 is 5.32 Å².